The molecule has 2 heteroatoms. The van der Waals surface area contributed by atoms with Crippen molar-refractivity contribution >= 4 is 22.4 Å². The SMILES string of the molecule is CCC[C@H]1CC[C@H](CCc2ccc3c(F)c(-c4ccc(Cl)cc4)ccc3c2)CC1. The number of benzene rings is 3. The second kappa shape index (κ2) is 9.30. The van der Waals surface area contributed by atoms with Gasteiger partial charge in [0.1, 0.15) is 5.82 Å². The van der Waals surface area contributed by atoms with Crippen LogP contribution in [0.4, 0.5) is 4.39 Å². The number of hydrogen-bond donors (Lipinski definition) is 0. The van der Waals surface area contributed by atoms with Crippen LogP contribution in [-0.4, -0.2) is 0 Å². The van der Waals surface area contributed by atoms with E-state index in [1.165, 1.54) is 50.5 Å². The molecule has 0 N–H and O–H groups in total. The van der Waals surface area contributed by atoms with Crippen molar-refractivity contribution in [3.05, 3.63) is 71.0 Å². The topological polar surface area (TPSA) is 0 Å². The van der Waals surface area contributed by atoms with E-state index in [0.717, 1.165) is 29.2 Å². The number of hydrogen-bond acceptors (Lipinski definition) is 0. The zero-order valence-electron chi connectivity index (χ0n) is 17.3. The summed E-state index contributed by atoms with van der Waals surface area (Å²) in [7, 11) is 0. The van der Waals surface area contributed by atoms with E-state index in [1.807, 2.05) is 30.3 Å². The maximum Gasteiger partial charge on any atom is 0.138 e. The van der Waals surface area contributed by atoms with E-state index in [4.69, 9.17) is 11.6 Å². The summed E-state index contributed by atoms with van der Waals surface area (Å²) in [6.07, 6.45) is 10.7. The van der Waals surface area contributed by atoms with Crippen LogP contribution in [0.3, 0.4) is 0 Å². The molecule has 0 spiro atoms. The highest BCUT2D eigenvalue weighted by Crippen LogP contribution is 2.34. The second-order valence-corrected chi connectivity index (χ2v) is 9.14. The minimum absolute atomic E-state index is 0.148. The first kappa shape index (κ1) is 20.4. The molecule has 1 aliphatic rings. The third-order valence-corrected chi connectivity index (χ3v) is 6.93. The van der Waals surface area contributed by atoms with Gasteiger partial charge in [0.05, 0.1) is 0 Å². The number of rotatable bonds is 6. The Kier molecular flexibility index (Phi) is 6.55. The van der Waals surface area contributed by atoms with Crippen LogP contribution in [0.25, 0.3) is 21.9 Å². The summed E-state index contributed by atoms with van der Waals surface area (Å²) in [4.78, 5) is 0. The molecule has 0 radical (unpaired) electrons. The molecule has 152 valence electrons. The Morgan fingerprint density at radius 3 is 2.24 bits per heavy atom. The predicted molar refractivity (Wildman–Crippen MR) is 123 cm³/mol. The van der Waals surface area contributed by atoms with Gasteiger partial charge in [0, 0.05) is 16.0 Å². The first-order valence-electron chi connectivity index (χ1n) is 11.1. The molecule has 0 bridgehead atoms. The molecule has 1 aliphatic carbocycles. The molecule has 0 aliphatic heterocycles. The minimum atomic E-state index is -0.148. The summed E-state index contributed by atoms with van der Waals surface area (Å²) < 4.78 is 15.1. The average Bonchev–Trinajstić information content (AvgIpc) is 2.74. The van der Waals surface area contributed by atoms with Crippen molar-refractivity contribution in [2.45, 2.75) is 58.3 Å². The molecule has 4 rings (SSSR count). The lowest BCUT2D eigenvalue weighted by molar-refractivity contribution is 0.252. The standard InChI is InChI=1S/C27H30ClF/c1-2-3-19-4-6-20(7-5-19)8-9-21-10-16-26-23(18-21)13-17-25(27(26)29)22-11-14-24(28)15-12-22/h10-20H,2-9H2,1H3/t19-,20-. The molecular weight excluding hydrogens is 379 g/mol. The van der Waals surface area contributed by atoms with E-state index in [9.17, 15) is 0 Å². The third kappa shape index (κ3) is 4.83. The maximum absolute atomic E-state index is 15.1. The predicted octanol–water partition coefficient (Wildman–Crippen LogP) is 8.84. The van der Waals surface area contributed by atoms with Crippen LogP contribution in [0.5, 0.6) is 0 Å². The molecule has 0 heterocycles. The molecule has 0 atom stereocenters. The van der Waals surface area contributed by atoms with Crippen molar-refractivity contribution in [3.63, 3.8) is 0 Å². The highest BCUT2D eigenvalue weighted by Gasteiger charge is 2.20. The number of aryl methyl sites for hydroxylation is 1. The third-order valence-electron chi connectivity index (χ3n) is 6.68. The van der Waals surface area contributed by atoms with Crippen LogP contribution in [0.15, 0.2) is 54.6 Å². The first-order chi connectivity index (χ1) is 14.1. The summed E-state index contributed by atoms with van der Waals surface area (Å²) >= 11 is 5.96. The van der Waals surface area contributed by atoms with Crippen molar-refractivity contribution in [2.24, 2.45) is 11.8 Å². The Labute approximate surface area is 179 Å². The van der Waals surface area contributed by atoms with Gasteiger partial charge in [-0.2, -0.15) is 0 Å². The monoisotopic (exact) mass is 408 g/mol. The van der Waals surface area contributed by atoms with Gasteiger partial charge in [-0.25, -0.2) is 4.39 Å². The van der Waals surface area contributed by atoms with E-state index in [0.29, 0.717) is 16.0 Å². The highest BCUT2D eigenvalue weighted by atomic mass is 35.5. The fourth-order valence-electron chi connectivity index (χ4n) is 4.94. The fourth-order valence-corrected chi connectivity index (χ4v) is 5.06. The Balaban J connectivity index is 1.45. The van der Waals surface area contributed by atoms with E-state index in [2.05, 4.69) is 19.1 Å². The quantitative estimate of drug-likeness (QED) is 0.382. The van der Waals surface area contributed by atoms with Gasteiger partial charge in [-0.1, -0.05) is 99.5 Å². The van der Waals surface area contributed by atoms with Gasteiger partial charge < -0.3 is 0 Å². The molecule has 0 nitrogen and oxygen atoms in total. The summed E-state index contributed by atoms with van der Waals surface area (Å²) in [5.41, 5.74) is 2.81. The minimum Gasteiger partial charge on any atom is -0.206 e. The maximum atomic E-state index is 15.1. The lowest BCUT2D eigenvalue weighted by atomic mass is 9.78. The summed E-state index contributed by atoms with van der Waals surface area (Å²) in [5.74, 6) is 1.68. The van der Waals surface area contributed by atoms with Gasteiger partial charge in [0.25, 0.3) is 0 Å². The fraction of sp³-hybridized carbons (Fsp3) is 0.407. The summed E-state index contributed by atoms with van der Waals surface area (Å²) in [6.45, 7) is 2.30. The Hall–Kier alpha value is -1.86. The largest absolute Gasteiger partial charge is 0.206 e. The van der Waals surface area contributed by atoms with E-state index in [-0.39, 0.29) is 5.82 Å². The van der Waals surface area contributed by atoms with E-state index in [1.54, 1.807) is 12.1 Å². The van der Waals surface area contributed by atoms with Crippen molar-refractivity contribution in [1.29, 1.82) is 0 Å². The molecule has 0 aromatic heterocycles. The molecule has 29 heavy (non-hydrogen) atoms. The van der Waals surface area contributed by atoms with Crippen LogP contribution in [0.1, 0.15) is 57.4 Å². The zero-order chi connectivity index (χ0) is 20.2. The van der Waals surface area contributed by atoms with Crippen LogP contribution < -0.4 is 0 Å². The Morgan fingerprint density at radius 1 is 0.862 bits per heavy atom. The van der Waals surface area contributed by atoms with Crippen molar-refractivity contribution in [1.82, 2.24) is 0 Å². The number of halogens is 2. The van der Waals surface area contributed by atoms with Gasteiger partial charge >= 0.3 is 0 Å². The van der Waals surface area contributed by atoms with Crippen molar-refractivity contribution in [2.75, 3.05) is 0 Å². The molecule has 0 unspecified atom stereocenters. The van der Waals surface area contributed by atoms with E-state index < -0.39 is 0 Å². The van der Waals surface area contributed by atoms with Gasteiger partial charge in [-0.15, -0.1) is 0 Å². The first-order valence-corrected chi connectivity index (χ1v) is 11.5. The highest BCUT2D eigenvalue weighted by molar-refractivity contribution is 6.30. The summed E-state index contributed by atoms with van der Waals surface area (Å²) in [5, 5.41) is 2.35. The molecule has 3 aromatic carbocycles. The zero-order valence-corrected chi connectivity index (χ0v) is 18.0. The van der Waals surface area contributed by atoms with Crippen LogP contribution in [-0.2, 0) is 6.42 Å². The van der Waals surface area contributed by atoms with Crippen molar-refractivity contribution < 1.29 is 4.39 Å². The molecule has 1 saturated carbocycles. The normalized spacial score (nSPS) is 19.6. The lowest BCUT2D eigenvalue weighted by Crippen LogP contribution is -2.15. The van der Waals surface area contributed by atoms with Crippen LogP contribution in [0.2, 0.25) is 5.02 Å². The van der Waals surface area contributed by atoms with Crippen molar-refractivity contribution in [3.8, 4) is 11.1 Å². The smallest absolute Gasteiger partial charge is 0.138 e. The molecule has 0 saturated heterocycles. The van der Waals surface area contributed by atoms with Crippen LogP contribution in [0, 0.1) is 17.7 Å². The molecule has 3 aromatic rings. The van der Waals surface area contributed by atoms with Gasteiger partial charge in [0.15, 0.2) is 0 Å². The molecular formula is C27H30ClF. The Bertz CT molecular complexity index is 952. The van der Waals surface area contributed by atoms with Gasteiger partial charge in [-0.05, 0) is 53.3 Å². The summed E-state index contributed by atoms with van der Waals surface area (Å²) in [6, 6.07) is 17.5. The van der Waals surface area contributed by atoms with Crippen LogP contribution >= 0.6 is 11.6 Å². The second-order valence-electron chi connectivity index (χ2n) is 8.70. The number of fused-ring (bicyclic) bond motifs is 1. The average molecular weight is 409 g/mol. The lowest BCUT2D eigenvalue weighted by Gasteiger charge is -2.28. The molecule has 0 amide bonds. The van der Waals surface area contributed by atoms with E-state index >= 15 is 4.39 Å². The van der Waals surface area contributed by atoms with Gasteiger partial charge in [-0.3, -0.25) is 0 Å². The molecule has 1 fully saturated rings. The Morgan fingerprint density at radius 2 is 1.55 bits per heavy atom. The van der Waals surface area contributed by atoms with Gasteiger partial charge in [0.2, 0.25) is 0 Å².